The summed E-state index contributed by atoms with van der Waals surface area (Å²) in [5, 5.41) is 13.4. The fourth-order valence-corrected chi connectivity index (χ4v) is 2.51. The Kier molecular flexibility index (Phi) is 5.83. The largest absolute Gasteiger partial charge is 0.491 e. The van der Waals surface area contributed by atoms with Gasteiger partial charge < -0.3 is 20.1 Å². The van der Waals surface area contributed by atoms with Gasteiger partial charge in [-0.05, 0) is 44.1 Å². The summed E-state index contributed by atoms with van der Waals surface area (Å²) < 4.78 is 5.65. The number of likely N-dealkylation sites (N-methyl/N-ethyl adjacent to an activating group) is 1. The summed E-state index contributed by atoms with van der Waals surface area (Å²) in [6.45, 7) is 5.24. The van der Waals surface area contributed by atoms with Crippen LogP contribution in [-0.4, -0.2) is 55.4 Å². The van der Waals surface area contributed by atoms with Crippen LogP contribution >= 0.6 is 0 Å². The lowest BCUT2D eigenvalue weighted by atomic mass is 10.2. The van der Waals surface area contributed by atoms with Crippen LogP contribution in [0.25, 0.3) is 0 Å². The lowest BCUT2D eigenvalue weighted by molar-refractivity contribution is 0.104. The minimum Gasteiger partial charge on any atom is -0.491 e. The molecule has 0 spiro atoms. The summed E-state index contributed by atoms with van der Waals surface area (Å²) >= 11 is 0. The van der Waals surface area contributed by atoms with E-state index >= 15 is 0 Å². The third kappa shape index (κ3) is 4.78. The van der Waals surface area contributed by atoms with Crippen LogP contribution in [0.3, 0.4) is 0 Å². The van der Waals surface area contributed by atoms with Crippen LogP contribution in [0.15, 0.2) is 24.3 Å². The highest BCUT2D eigenvalue weighted by Crippen LogP contribution is 2.14. The molecule has 0 saturated carbocycles. The van der Waals surface area contributed by atoms with Gasteiger partial charge in [0.25, 0.3) is 0 Å². The van der Waals surface area contributed by atoms with Gasteiger partial charge in [-0.25, -0.2) is 0 Å². The Hall–Kier alpha value is -1.10. The number of aliphatic hydroxyl groups is 1. The predicted molar refractivity (Wildman–Crippen MR) is 81.2 cm³/mol. The number of ether oxygens (including phenoxy) is 1. The molecule has 4 heteroatoms. The minimum atomic E-state index is -0.466. The zero-order valence-electron chi connectivity index (χ0n) is 12.5. The van der Waals surface area contributed by atoms with Crippen molar-refractivity contribution in [1.82, 2.24) is 10.2 Å². The van der Waals surface area contributed by atoms with Gasteiger partial charge in [0.15, 0.2) is 0 Å². The number of nitrogens with zero attached hydrogens (tertiary/aromatic N) is 1. The van der Waals surface area contributed by atoms with Crippen molar-refractivity contribution < 1.29 is 9.84 Å². The fraction of sp³-hybridized carbons (Fsp3) is 0.625. The van der Waals surface area contributed by atoms with E-state index in [9.17, 15) is 5.11 Å². The molecule has 0 radical (unpaired) electrons. The summed E-state index contributed by atoms with van der Waals surface area (Å²) in [5.74, 6) is 0.837. The van der Waals surface area contributed by atoms with Crippen LogP contribution in [0.5, 0.6) is 5.75 Å². The molecule has 4 nitrogen and oxygen atoms in total. The number of nitrogens with one attached hydrogen (secondary N) is 1. The van der Waals surface area contributed by atoms with E-state index in [1.54, 1.807) is 0 Å². The van der Waals surface area contributed by atoms with E-state index in [4.69, 9.17) is 4.74 Å². The Morgan fingerprint density at radius 2 is 2.35 bits per heavy atom. The van der Waals surface area contributed by atoms with E-state index in [0.29, 0.717) is 19.2 Å². The third-order valence-corrected chi connectivity index (χ3v) is 3.78. The summed E-state index contributed by atoms with van der Waals surface area (Å²) in [4.78, 5) is 2.30. The molecule has 1 heterocycles. The van der Waals surface area contributed by atoms with Crippen LogP contribution in [0.2, 0.25) is 0 Å². The number of benzene rings is 1. The molecule has 2 unspecified atom stereocenters. The standard InChI is InChI=1S/C16H26N2O2/c1-3-13-5-4-6-16(9-13)20-12-15(19)10-17-14-7-8-18(2)11-14/h4-6,9,14-15,17,19H,3,7-8,10-12H2,1-2H3. The van der Waals surface area contributed by atoms with Crippen molar-refractivity contribution in [3.8, 4) is 5.75 Å². The molecule has 1 aliphatic rings. The van der Waals surface area contributed by atoms with Gasteiger partial charge in [-0.2, -0.15) is 0 Å². The SMILES string of the molecule is CCc1cccc(OCC(O)CNC2CCN(C)C2)c1. The Balaban J connectivity index is 1.67. The van der Waals surface area contributed by atoms with E-state index in [0.717, 1.165) is 31.7 Å². The normalized spacial score (nSPS) is 21.1. The molecule has 112 valence electrons. The summed E-state index contributed by atoms with van der Waals surface area (Å²) in [7, 11) is 2.13. The van der Waals surface area contributed by atoms with E-state index in [2.05, 4.69) is 30.3 Å². The van der Waals surface area contributed by atoms with Gasteiger partial charge in [-0.15, -0.1) is 0 Å². The molecule has 2 N–H and O–H groups in total. The molecule has 2 atom stereocenters. The zero-order valence-corrected chi connectivity index (χ0v) is 12.5. The second-order valence-electron chi connectivity index (χ2n) is 5.62. The smallest absolute Gasteiger partial charge is 0.119 e. The summed E-state index contributed by atoms with van der Waals surface area (Å²) in [5.41, 5.74) is 1.25. The summed E-state index contributed by atoms with van der Waals surface area (Å²) in [6, 6.07) is 8.55. The van der Waals surface area contributed by atoms with Gasteiger partial charge in [-0.1, -0.05) is 19.1 Å². The first-order chi connectivity index (χ1) is 9.67. The molecule has 20 heavy (non-hydrogen) atoms. The monoisotopic (exact) mass is 278 g/mol. The van der Waals surface area contributed by atoms with Crippen LogP contribution < -0.4 is 10.1 Å². The molecule has 2 rings (SSSR count). The van der Waals surface area contributed by atoms with Gasteiger partial charge >= 0.3 is 0 Å². The molecule has 1 aromatic carbocycles. The molecular weight excluding hydrogens is 252 g/mol. The maximum Gasteiger partial charge on any atom is 0.119 e. The number of aryl methyl sites for hydroxylation is 1. The van der Waals surface area contributed by atoms with Crippen LogP contribution in [0.4, 0.5) is 0 Å². The van der Waals surface area contributed by atoms with Gasteiger partial charge in [0.05, 0.1) is 0 Å². The first-order valence-electron chi connectivity index (χ1n) is 7.49. The second-order valence-corrected chi connectivity index (χ2v) is 5.62. The van der Waals surface area contributed by atoms with Crippen molar-refractivity contribution in [2.24, 2.45) is 0 Å². The number of hydrogen-bond donors (Lipinski definition) is 2. The Morgan fingerprint density at radius 3 is 3.05 bits per heavy atom. The first-order valence-corrected chi connectivity index (χ1v) is 7.49. The number of hydrogen-bond acceptors (Lipinski definition) is 4. The Labute approximate surface area is 121 Å². The number of likely N-dealkylation sites (tertiary alicyclic amines) is 1. The molecule has 0 amide bonds. The van der Waals surface area contributed by atoms with Crippen molar-refractivity contribution in [1.29, 1.82) is 0 Å². The molecule has 0 aromatic heterocycles. The van der Waals surface area contributed by atoms with Crippen molar-refractivity contribution in [2.75, 3.05) is 33.3 Å². The van der Waals surface area contributed by atoms with Crippen molar-refractivity contribution in [3.05, 3.63) is 29.8 Å². The van der Waals surface area contributed by atoms with Gasteiger partial charge in [0.1, 0.15) is 18.5 Å². The van der Waals surface area contributed by atoms with Crippen molar-refractivity contribution in [2.45, 2.75) is 31.9 Å². The first kappa shape index (κ1) is 15.3. The zero-order chi connectivity index (χ0) is 14.4. The molecule has 1 fully saturated rings. The molecular formula is C16H26N2O2. The van der Waals surface area contributed by atoms with Crippen LogP contribution in [-0.2, 0) is 6.42 Å². The quantitative estimate of drug-likeness (QED) is 0.789. The summed E-state index contributed by atoms with van der Waals surface area (Å²) in [6.07, 6.45) is 1.69. The lowest BCUT2D eigenvalue weighted by Crippen LogP contribution is -2.39. The van der Waals surface area contributed by atoms with Gasteiger partial charge in [0, 0.05) is 19.1 Å². The minimum absolute atomic E-state index is 0.336. The maximum atomic E-state index is 9.96. The molecule has 1 aromatic rings. The highest BCUT2D eigenvalue weighted by Gasteiger charge is 2.19. The van der Waals surface area contributed by atoms with E-state index in [1.165, 1.54) is 5.56 Å². The molecule has 0 aliphatic carbocycles. The van der Waals surface area contributed by atoms with Crippen LogP contribution in [0, 0.1) is 0 Å². The van der Waals surface area contributed by atoms with Crippen molar-refractivity contribution >= 4 is 0 Å². The van der Waals surface area contributed by atoms with E-state index < -0.39 is 6.10 Å². The van der Waals surface area contributed by atoms with Crippen LogP contribution in [0.1, 0.15) is 18.9 Å². The fourth-order valence-electron chi connectivity index (χ4n) is 2.51. The second kappa shape index (κ2) is 7.62. The molecule has 0 bridgehead atoms. The average Bonchev–Trinajstić information content (AvgIpc) is 2.89. The van der Waals surface area contributed by atoms with Crippen molar-refractivity contribution in [3.63, 3.8) is 0 Å². The van der Waals surface area contributed by atoms with E-state index in [-0.39, 0.29) is 0 Å². The Bertz CT molecular complexity index is 411. The Morgan fingerprint density at radius 1 is 1.50 bits per heavy atom. The van der Waals surface area contributed by atoms with Gasteiger partial charge in [0.2, 0.25) is 0 Å². The molecule has 1 aliphatic heterocycles. The maximum absolute atomic E-state index is 9.96. The number of aliphatic hydroxyl groups excluding tert-OH is 1. The van der Waals surface area contributed by atoms with Gasteiger partial charge in [-0.3, -0.25) is 0 Å². The molecule has 1 saturated heterocycles. The average molecular weight is 278 g/mol. The third-order valence-electron chi connectivity index (χ3n) is 3.78. The highest BCUT2D eigenvalue weighted by atomic mass is 16.5. The highest BCUT2D eigenvalue weighted by molar-refractivity contribution is 5.28. The lowest BCUT2D eigenvalue weighted by Gasteiger charge is -2.17. The number of rotatable bonds is 7. The topological polar surface area (TPSA) is 44.7 Å². The van der Waals surface area contributed by atoms with E-state index in [1.807, 2.05) is 18.2 Å². The predicted octanol–water partition coefficient (Wildman–Crippen LogP) is 1.28.